The Kier molecular flexibility index (Phi) is 5.69. The molecule has 114 valence electrons. The quantitative estimate of drug-likeness (QED) is 0.547. The van der Waals surface area contributed by atoms with Gasteiger partial charge in [0.15, 0.2) is 0 Å². The van der Waals surface area contributed by atoms with Gasteiger partial charge >= 0.3 is 0 Å². The van der Waals surface area contributed by atoms with E-state index in [-0.39, 0.29) is 16.3 Å². The van der Waals surface area contributed by atoms with Gasteiger partial charge in [-0.25, -0.2) is 5.43 Å². The van der Waals surface area contributed by atoms with Crippen molar-refractivity contribution in [3.05, 3.63) is 61.0 Å². The zero-order valence-electron chi connectivity index (χ0n) is 10.8. The number of nitrogens with one attached hydrogen (secondary N) is 1. The highest BCUT2D eigenvalue weighted by Crippen LogP contribution is 2.30. The standard InChI is InChI=1S/C14H8BrCl3N2O2/c15-11-4-9(17)3-7(13(11)21)6-19-20-14(22)10-2-1-8(16)5-12(10)18/h1-6,21H,(H,20,22)/b19-6-. The van der Waals surface area contributed by atoms with Crippen LogP contribution < -0.4 is 5.43 Å². The Bertz CT molecular complexity index is 766. The number of phenols is 1. The van der Waals surface area contributed by atoms with Crippen molar-refractivity contribution in [1.82, 2.24) is 5.43 Å². The second kappa shape index (κ2) is 7.33. The van der Waals surface area contributed by atoms with Crippen LogP contribution in [0, 0.1) is 0 Å². The molecule has 0 saturated carbocycles. The normalized spacial score (nSPS) is 10.9. The van der Waals surface area contributed by atoms with E-state index in [0.717, 1.165) is 0 Å². The van der Waals surface area contributed by atoms with Crippen molar-refractivity contribution in [2.75, 3.05) is 0 Å². The summed E-state index contributed by atoms with van der Waals surface area (Å²) in [5, 5.41) is 14.7. The number of amides is 1. The van der Waals surface area contributed by atoms with Gasteiger partial charge in [0.05, 0.1) is 21.3 Å². The van der Waals surface area contributed by atoms with E-state index in [2.05, 4.69) is 26.5 Å². The van der Waals surface area contributed by atoms with E-state index >= 15 is 0 Å². The highest BCUT2D eigenvalue weighted by atomic mass is 79.9. The van der Waals surface area contributed by atoms with Crippen LogP contribution in [0.4, 0.5) is 0 Å². The molecule has 2 aromatic carbocycles. The summed E-state index contributed by atoms with van der Waals surface area (Å²) >= 11 is 20.7. The Morgan fingerprint density at radius 1 is 1.18 bits per heavy atom. The molecule has 0 saturated heterocycles. The fourth-order valence-electron chi connectivity index (χ4n) is 1.58. The van der Waals surface area contributed by atoms with Gasteiger partial charge in [-0.15, -0.1) is 0 Å². The summed E-state index contributed by atoms with van der Waals surface area (Å²) in [4.78, 5) is 11.9. The van der Waals surface area contributed by atoms with Crippen LogP contribution in [-0.4, -0.2) is 17.2 Å². The molecule has 0 aliphatic carbocycles. The van der Waals surface area contributed by atoms with Crippen molar-refractivity contribution >= 4 is 62.9 Å². The third kappa shape index (κ3) is 4.14. The van der Waals surface area contributed by atoms with Gasteiger partial charge in [0.2, 0.25) is 0 Å². The molecule has 4 nitrogen and oxygen atoms in total. The number of hydrazone groups is 1. The second-order valence-electron chi connectivity index (χ2n) is 4.15. The van der Waals surface area contributed by atoms with Crippen molar-refractivity contribution in [3.8, 4) is 5.75 Å². The Balaban J connectivity index is 2.14. The molecule has 2 N–H and O–H groups in total. The number of hydrogen-bond acceptors (Lipinski definition) is 3. The largest absolute Gasteiger partial charge is 0.506 e. The molecule has 22 heavy (non-hydrogen) atoms. The predicted octanol–water partition coefficient (Wildman–Crippen LogP) is 4.88. The number of carbonyl (C=O) groups excluding carboxylic acids is 1. The van der Waals surface area contributed by atoms with Gasteiger partial charge in [-0.05, 0) is 46.3 Å². The number of halogens is 4. The monoisotopic (exact) mass is 420 g/mol. The summed E-state index contributed by atoms with van der Waals surface area (Å²) in [6, 6.07) is 7.55. The van der Waals surface area contributed by atoms with Crippen LogP contribution in [0.15, 0.2) is 39.9 Å². The Morgan fingerprint density at radius 3 is 2.59 bits per heavy atom. The molecule has 2 aromatic rings. The van der Waals surface area contributed by atoms with Crippen LogP contribution in [0.5, 0.6) is 5.75 Å². The van der Waals surface area contributed by atoms with Crippen LogP contribution in [0.2, 0.25) is 15.1 Å². The topological polar surface area (TPSA) is 61.7 Å². The Morgan fingerprint density at radius 2 is 1.91 bits per heavy atom. The fourth-order valence-corrected chi connectivity index (χ4v) is 2.91. The van der Waals surface area contributed by atoms with Crippen molar-refractivity contribution < 1.29 is 9.90 Å². The maximum atomic E-state index is 11.9. The molecule has 0 unspecified atom stereocenters. The number of aromatic hydroxyl groups is 1. The number of nitrogens with zero attached hydrogens (tertiary/aromatic N) is 1. The molecule has 8 heteroatoms. The number of benzene rings is 2. The van der Waals surface area contributed by atoms with Gasteiger partial charge in [-0.3, -0.25) is 4.79 Å². The highest BCUT2D eigenvalue weighted by molar-refractivity contribution is 9.10. The number of hydrogen-bond donors (Lipinski definition) is 2. The summed E-state index contributed by atoms with van der Waals surface area (Å²) in [7, 11) is 0. The first-order chi connectivity index (χ1) is 10.4. The molecule has 0 fully saturated rings. The summed E-state index contributed by atoms with van der Waals surface area (Å²) in [6.07, 6.45) is 1.27. The van der Waals surface area contributed by atoms with Gasteiger partial charge in [0.1, 0.15) is 5.75 Å². The lowest BCUT2D eigenvalue weighted by Crippen LogP contribution is -2.18. The molecule has 0 aromatic heterocycles. The average Bonchev–Trinajstić information content (AvgIpc) is 2.43. The Labute approximate surface area is 149 Å². The van der Waals surface area contributed by atoms with Gasteiger partial charge < -0.3 is 5.11 Å². The molecule has 0 aliphatic rings. The van der Waals surface area contributed by atoms with E-state index in [4.69, 9.17) is 34.8 Å². The van der Waals surface area contributed by atoms with Gasteiger partial charge in [-0.2, -0.15) is 5.10 Å². The molecule has 0 aliphatic heterocycles. The van der Waals surface area contributed by atoms with Gasteiger partial charge in [0.25, 0.3) is 5.91 Å². The summed E-state index contributed by atoms with van der Waals surface area (Å²) in [5.41, 5.74) is 2.89. The highest BCUT2D eigenvalue weighted by Gasteiger charge is 2.10. The maximum Gasteiger partial charge on any atom is 0.272 e. The lowest BCUT2D eigenvalue weighted by Gasteiger charge is -2.04. The minimum atomic E-state index is -0.501. The molecule has 0 radical (unpaired) electrons. The molecule has 0 atom stereocenters. The number of carbonyl (C=O) groups is 1. The van der Waals surface area contributed by atoms with E-state index in [0.29, 0.717) is 20.1 Å². The first kappa shape index (κ1) is 17.1. The molecule has 0 spiro atoms. The molecule has 0 bridgehead atoms. The van der Waals surface area contributed by atoms with E-state index < -0.39 is 5.91 Å². The van der Waals surface area contributed by atoms with Gasteiger partial charge in [-0.1, -0.05) is 34.8 Å². The summed E-state index contributed by atoms with van der Waals surface area (Å²) < 4.78 is 0.425. The minimum absolute atomic E-state index is 0.0353. The van der Waals surface area contributed by atoms with Gasteiger partial charge in [0, 0.05) is 15.6 Å². The summed E-state index contributed by atoms with van der Waals surface area (Å²) in [6.45, 7) is 0. The van der Waals surface area contributed by atoms with E-state index in [1.807, 2.05) is 0 Å². The molecular formula is C14H8BrCl3N2O2. The lowest BCUT2D eigenvalue weighted by atomic mass is 10.2. The zero-order valence-corrected chi connectivity index (χ0v) is 14.6. The number of rotatable bonds is 3. The van der Waals surface area contributed by atoms with Crippen LogP contribution in [0.25, 0.3) is 0 Å². The van der Waals surface area contributed by atoms with Crippen LogP contribution in [0.3, 0.4) is 0 Å². The van der Waals surface area contributed by atoms with E-state index in [1.54, 1.807) is 12.1 Å². The van der Waals surface area contributed by atoms with Crippen molar-refractivity contribution in [2.45, 2.75) is 0 Å². The first-order valence-electron chi connectivity index (χ1n) is 5.85. The second-order valence-corrected chi connectivity index (χ2v) is 6.28. The first-order valence-corrected chi connectivity index (χ1v) is 7.77. The summed E-state index contributed by atoms with van der Waals surface area (Å²) in [5.74, 6) is -0.537. The Hall–Kier alpha value is -1.27. The smallest absolute Gasteiger partial charge is 0.272 e. The SMILES string of the molecule is O=C(N/N=C\c1cc(Cl)cc(Br)c1O)c1ccc(Cl)cc1Cl. The third-order valence-electron chi connectivity index (χ3n) is 2.60. The molecule has 1 amide bonds. The van der Waals surface area contributed by atoms with E-state index in [9.17, 15) is 9.90 Å². The molecular weight excluding hydrogens is 414 g/mol. The average molecular weight is 422 g/mol. The van der Waals surface area contributed by atoms with Crippen molar-refractivity contribution in [1.29, 1.82) is 0 Å². The lowest BCUT2D eigenvalue weighted by molar-refractivity contribution is 0.0955. The molecule has 0 heterocycles. The van der Waals surface area contributed by atoms with E-state index in [1.165, 1.54) is 24.4 Å². The minimum Gasteiger partial charge on any atom is -0.506 e. The maximum absolute atomic E-state index is 11.9. The predicted molar refractivity (Wildman–Crippen MR) is 92.3 cm³/mol. The fraction of sp³-hybridized carbons (Fsp3) is 0. The third-order valence-corrected chi connectivity index (χ3v) is 3.97. The zero-order chi connectivity index (χ0) is 16.3. The van der Waals surface area contributed by atoms with Crippen LogP contribution in [0.1, 0.15) is 15.9 Å². The number of phenolic OH excluding ortho intramolecular Hbond substituents is 1. The van der Waals surface area contributed by atoms with Crippen molar-refractivity contribution in [3.63, 3.8) is 0 Å². The molecule has 2 rings (SSSR count). The van der Waals surface area contributed by atoms with Crippen LogP contribution >= 0.6 is 50.7 Å². The van der Waals surface area contributed by atoms with Crippen LogP contribution in [-0.2, 0) is 0 Å². The van der Waals surface area contributed by atoms with Crippen molar-refractivity contribution in [2.24, 2.45) is 5.10 Å².